The number of hydrogen-bond acceptors (Lipinski definition) is 4. The lowest BCUT2D eigenvalue weighted by Crippen LogP contribution is -2.23. The van der Waals surface area contributed by atoms with Crippen molar-refractivity contribution < 1.29 is 4.74 Å². The van der Waals surface area contributed by atoms with Gasteiger partial charge < -0.3 is 15.0 Å². The minimum absolute atomic E-state index is 0.387. The number of anilines is 2. The summed E-state index contributed by atoms with van der Waals surface area (Å²) >= 11 is 11.4. The van der Waals surface area contributed by atoms with Crippen LogP contribution in [0.3, 0.4) is 0 Å². The van der Waals surface area contributed by atoms with E-state index >= 15 is 0 Å². The van der Waals surface area contributed by atoms with Crippen LogP contribution in [0.1, 0.15) is 5.56 Å². The average Bonchev–Trinajstić information content (AvgIpc) is 2.56. The molecule has 0 atom stereocenters. The van der Waals surface area contributed by atoms with Crippen LogP contribution in [0.25, 0.3) is 0 Å². The molecular weight excluding hydrogens is 344 g/mol. The first kappa shape index (κ1) is 18.0. The number of halogens is 1. The molecule has 0 unspecified atom stereocenters. The zero-order chi connectivity index (χ0) is 17.5. The second-order valence-electron chi connectivity index (χ2n) is 5.15. The number of hydrazone groups is 1. The molecule has 0 aliphatic rings. The van der Waals surface area contributed by atoms with Crippen molar-refractivity contribution >= 4 is 46.5 Å². The summed E-state index contributed by atoms with van der Waals surface area (Å²) in [5.74, 6) is 0.785. The molecule has 0 spiro atoms. The summed E-state index contributed by atoms with van der Waals surface area (Å²) in [6.07, 6.45) is 1.63. The van der Waals surface area contributed by atoms with Crippen LogP contribution >= 0.6 is 23.8 Å². The summed E-state index contributed by atoms with van der Waals surface area (Å²) in [5.41, 5.74) is 5.44. The second-order valence-corrected chi connectivity index (χ2v) is 5.97. The Morgan fingerprint density at radius 2 is 1.92 bits per heavy atom. The quantitative estimate of drug-likeness (QED) is 0.482. The summed E-state index contributed by atoms with van der Waals surface area (Å²) in [4.78, 5) is 1.99. The van der Waals surface area contributed by atoms with E-state index in [1.54, 1.807) is 13.3 Å². The van der Waals surface area contributed by atoms with E-state index in [-0.39, 0.29) is 0 Å². The Kier molecular flexibility index (Phi) is 6.40. The lowest BCUT2D eigenvalue weighted by atomic mass is 10.2. The van der Waals surface area contributed by atoms with E-state index in [0.717, 1.165) is 22.7 Å². The highest BCUT2D eigenvalue weighted by Crippen LogP contribution is 2.21. The van der Waals surface area contributed by atoms with Gasteiger partial charge in [0.15, 0.2) is 5.11 Å². The van der Waals surface area contributed by atoms with Crippen molar-refractivity contribution in [3.8, 4) is 5.75 Å². The highest BCUT2D eigenvalue weighted by atomic mass is 35.5. The van der Waals surface area contributed by atoms with Gasteiger partial charge in [-0.05, 0) is 54.7 Å². The van der Waals surface area contributed by atoms with Gasteiger partial charge in [0.2, 0.25) is 0 Å². The zero-order valence-electron chi connectivity index (χ0n) is 13.7. The van der Waals surface area contributed by atoms with Gasteiger partial charge in [-0.1, -0.05) is 11.6 Å². The fourth-order valence-corrected chi connectivity index (χ4v) is 2.29. The maximum absolute atomic E-state index is 6.24. The number of thiocarbonyl (C=S) groups is 1. The van der Waals surface area contributed by atoms with E-state index in [4.69, 9.17) is 28.6 Å². The molecule has 5 nitrogen and oxygen atoms in total. The number of benzene rings is 2. The lowest BCUT2D eigenvalue weighted by Gasteiger charge is -2.13. The summed E-state index contributed by atoms with van der Waals surface area (Å²) in [7, 11) is 5.55. The Bertz CT molecular complexity index is 732. The van der Waals surface area contributed by atoms with Gasteiger partial charge in [0, 0.05) is 31.0 Å². The van der Waals surface area contributed by atoms with Gasteiger partial charge in [0.1, 0.15) is 5.75 Å². The van der Waals surface area contributed by atoms with Crippen molar-refractivity contribution in [2.24, 2.45) is 5.10 Å². The van der Waals surface area contributed by atoms with Crippen molar-refractivity contribution in [3.05, 3.63) is 53.1 Å². The monoisotopic (exact) mass is 362 g/mol. The van der Waals surface area contributed by atoms with Gasteiger partial charge in [0.05, 0.1) is 18.3 Å². The highest BCUT2D eigenvalue weighted by Gasteiger charge is 2.02. The van der Waals surface area contributed by atoms with Gasteiger partial charge in [-0.25, -0.2) is 0 Å². The predicted octanol–water partition coefficient (Wildman–Crippen LogP) is 3.74. The number of rotatable bonds is 5. The molecule has 0 aromatic heterocycles. The first-order valence-corrected chi connectivity index (χ1v) is 7.99. The maximum atomic E-state index is 6.24. The Labute approximate surface area is 152 Å². The van der Waals surface area contributed by atoms with Crippen LogP contribution in [0.5, 0.6) is 5.75 Å². The second kappa shape index (κ2) is 8.52. The van der Waals surface area contributed by atoms with E-state index in [0.29, 0.717) is 10.1 Å². The van der Waals surface area contributed by atoms with Gasteiger partial charge in [-0.2, -0.15) is 5.10 Å². The van der Waals surface area contributed by atoms with Gasteiger partial charge in [-0.15, -0.1) is 0 Å². The fourth-order valence-electron chi connectivity index (χ4n) is 1.89. The van der Waals surface area contributed by atoms with E-state index < -0.39 is 0 Å². The summed E-state index contributed by atoms with van der Waals surface area (Å²) in [6, 6.07) is 13.2. The average molecular weight is 363 g/mol. The zero-order valence-corrected chi connectivity index (χ0v) is 15.3. The van der Waals surface area contributed by atoms with Crippen LogP contribution in [0.15, 0.2) is 47.6 Å². The van der Waals surface area contributed by atoms with Crippen LogP contribution in [-0.2, 0) is 0 Å². The molecule has 0 amide bonds. The summed E-state index contributed by atoms with van der Waals surface area (Å²) in [6.45, 7) is 0. The SMILES string of the molecule is COc1ccc(NC(=S)NN=Cc2ccc(N(C)C)cc2Cl)cc1. The normalized spacial score (nSPS) is 10.5. The molecule has 126 valence electrons. The van der Waals surface area contributed by atoms with Gasteiger partial charge in [0.25, 0.3) is 0 Å². The Morgan fingerprint density at radius 1 is 1.21 bits per heavy atom. The van der Waals surface area contributed by atoms with Gasteiger partial charge >= 0.3 is 0 Å². The largest absolute Gasteiger partial charge is 0.497 e. The molecule has 0 saturated carbocycles. The topological polar surface area (TPSA) is 48.9 Å². The third-order valence-corrected chi connectivity index (χ3v) is 3.74. The van der Waals surface area contributed by atoms with Crippen LogP contribution in [0, 0.1) is 0 Å². The van der Waals surface area contributed by atoms with E-state index in [9.17, 15) is 0 Å². The smallest absolute Gasteiger partial charge is 0.191 e. The van der Waals surface area contributed by atoms with Crippen LogP contribution < -0.4 is 20.4 Å². The predicted molar refractivity (Wildman–Crippen MR) is 106 cm³/mol. The Hall–Kier alpha value is -2.31. The third-order valence-electron chi connectivity index (χ3n) is 3.22. The molecule has 2 N–H and O–H groups in total. The third kappa shape index (κ3) is 5.11. The van der Waals surface area contributed by atoms with Crippen LogP contribution in [0.4, 0.5) is 11.4 Å². The molecule has 2 aromatic carbocycles. The van der Waals surface area contributed by atoms with Crippen molar-refractivity contribution in [2.75, 3.05) is 31.4 Å². The molecule has 7 heteroatoms. The Balaban J connectivity index is 1.92. The maximum Gasteiger partial charge on any atom is 0.191 e. The molecule has 24 heavy (non-hydrogen) atoms. The molecule has 0 fully saturated rings. The number of nitrogens with one attached hydrogen (secondary N) is 2. The minimum Gasteiger partial charge on any atom is -0.497 e. The number of hydrogen-bond donors (Lipinski definition) is 2. The minimum atomic E-state index is 0.387. The lowest BCUT2D eigenvalue weighted by molar-refractivity contribution is 0.415. The molecule has 0 aliphatic carbocycles. The number of ether oxygens (including phenoxy) is 1. The van der Waals surface area contributed by atoms with Crippen molar-refractivity contribution in [1.29, 1.82) is 0 Å². The fraction of sp³-hybridized carbons (Fsp3) is 0.176. The van der Waals surface area contributed by atoms with Crippen LogP contribution in [0.2, 0.25) is 5.02 Å². The van der Waals surface area contributed by atoms with Crippen molar-refractivity contribution in [2.45, 2.75) is 0 Å². The van der Waals surface area contributed by atoms with Crippen LogP contribution in [-0.4, -0.2) is 32.5 Å². The van der Waals surface area contributed by atoms with E-state index in [1.807, 2.05) is 61.5 Å². The Morgan fingerprint density at radius 3 is 2.50 bits per heavy atom. The molecule has 0 heterocycles. The molecule has 0 radical (unpaired) electrons. The first-order chi connectivity index (χ1) is 11.5. The van der Waals surface area contributed by atoms with Gasteiger partial charge in [-0.3, -0.25) is 5.43 Å². The molecule has 2 aromatic rings. The standard InChI is InChI=1S/C17H19ClN4OS/c1-22(2)14-7-4-12(16(18)10-14)11-19-21-17(24)20-13-5-8-15(23-3)9-6-13/h4-11H,1-3H3,(H2,20,21,24). The molecular formula is C17H19ClN4OS. The summed E-state index contributed by atoms with van der Waals surface area (Å²) in [5, 5.41) is 8.15. The highest BCUT2D eigenvalue weighted by molar-refractivity contribution is 7.80. The molecule has 0 saturated heterocycles. The van der Waals surface area contributed by atoms with Crippen molar-refractivity contribution in [1.82, 2.24) is 5.43 Å². The van der Waals surface area contributed by atoms with E-state index in [2.05, 4.69) is 15.8 Å². The molecule has 2 rings (SSSR count). The number of nitrogens with zero attached hydrogens (tertiary/aromatic N) is 2. The molecule has 0 aliphatic heterocycles. The number of methoxy groups -OCH3 is 1. The van der Waals surface area contributed by atoms with E-state index in [1.165, 1.54) is 0 Å². The molecule has 0 bridgehead atoms. The van der Waals surface area contributed by atoms with Crippen molar-refractivity contribution in [3.63, 3.8) is 0 Å². The first-order valence-electron chi connectivity index (χ1n) is 7.20. The summed E-state index contributed by atoms with van der Waals surface area (Å²) < 4.78 is 5.11.